The molecule has 0 saturated heterocycles. The molecule has 0 unspecified atom stereocenters. The van der Waals surface area contributed by atoms with Crippen LogP contribution in [0.2, 0.25) is 0 Å². The summed E-state index contributed by atoms with van der Waals surface area (Å²) in [5.41, 5.74) is 1.61. The second kappa shape index (κ2) is 8.42. The van der Waals surface area contributed by atoms with Gasteiger partial charge in [0.15, 0.2) is 23.0 Å². The molecule has 2 rings (SSSR count). The van der Waals surface area contributed by atoms with Crippen molar-refractivity contribution in [2.75, 3.05) is 14.2 Å². The Morgan fingerprint density at radius 2 is 1.59 bits per heavy atom. The van der Waals surface area contributed by atoms with E-state index in [1.165, 1.54) is 14.2 Å². The minimum atomic E-state index is 0.144. The van der Waals surface area contributed by atoms with E-state index in [4.69, 9.17) is 9.47 Å². The first-order valence-electron chi connectivity index (χ1n) is 6.55. The van der Waals surface area contributed by atoms with Crippen LogP contribution in [0.1, 0.15) is 11.1 Å². The summed E-state index contributed by atoms with van der Waals surface area (Å²) in [6.45, 7) is 7.15. The molecule has 22 heavy (non-hydrogen) atoms. The fourth-order valence-electron chi connectivity index (χ4n) is 1.69. The van der Waals surface area contributed by atoms with Gasteiger partial charge in [-0.1, -0.05) is 43.5 Å². The molecule has 4 nitrogen and oxygen atoms in total. The predicted octanol–water partition coefficient (Wildman–Crippen LogP) is 4.09. The zero-order valence-electron chi connectivity index (χ0n) is 12.7. The lowest BCUT2D eigenvalue weighted by Crippen LogP contribution is -1.84. The second-order valence-corrected chi connectivity index (χ2v) is 4.24. The van der Waals surface area contributed by atoms with Gasteiger partial charge in [0.25, 0.3) is 0 Å². The Balaban J connectivity index is 0.000000220. The third-order valence-corrected chi connectivity index (χ3v) is 2.91. The fourth-order valence-corrected chi connectivity index (χ4v) is 1.69. The van der Waals surface area contributed by atoms with Gasteiger partial charge in [-0.2, -0.15) is 0 Å². The van der Waals surface area contributed by atoms with Gasteiger partial charge < -0.3 is 19.7 Å². The summed E-state index contributed by atoms with van der Waals surface area (Å²) in [6.07, 6.45) is 3.28. The average molecular weight is 300 g/mol. The number of rotatable bonds is 4. The highest BCUT2D eigenvalue weighted by molar-refractivity contribution is 5.60. The molecule has 0 heterocycles. The van der Waals surface area contributed by atoms with Crippen LogP contribution in [0.4, 0.5) is 0 Å². The van der Waals surface area contributed by atoms with E-state index in [9.17, 15) is 10.2 Å². The van der Waals surface area contributed by atoms with Gasteiger partial charge in [-0.3, -0.25) is 0 Å². The molecule has 2 aromatic rings. The van der Waals surface area contributed by atoms with E-state index in [1.54, 1.807) is 48.6 Å². The molecule has 0 saturated carbocycles. The maximum Gasteiger partial charge on any atom is 0.165 e. The number of phenols is 2. The van der Waals surface area contributed by atoms with Gasteiger partial charge >= 0.3 is 0 Å². The Morgan fingerprint density at radius 1 is 0.909 bits per heavy atom. The normalized spacial score (nSPS) is 9.18. The molecule has 0 aliphatic carbocycles. The summed E-state index contributed by atoms with van der Waals surface area (Å²) in [7, 11) is 3.03. The number of para-hydroxylation sites is 1. The van der Waals surface area contributed by atoms with Crippen LogP contribution in [0.3, 0.4) is 0 Å². The van der Waals surface area contributed by atoms with Crippen LogP contribution >= 0.6 is 0 Å². The lowest BCUT2D eigenvalue weighted by Gasteiger charge is -2.04. The van der Waals surface area contributed by atoms with Crippen molar-refractivity contribution in [2.45, 2.75) is 0 Å². The number of hydrogen-bond acceptors (Lipinski definition) is 4. The Kier molecular flexibility index (Phi) is 6.57. The van der Waals surface area contributed by atoms with Gasteiger partial charge in [-0.05, 0) is 23.8 Å². The Bertz CT molecular complexity index is 646. The van der Waals surface area contributed by atoms with Crippen molar-refractivity contribution < 1.29 is 19.7 Å². The lowest BCUT2D eigenvalue weighted by molar-refractivity contribution is 0.373. The molecule has 0 amide bonds. The molecule has 0 radical (unpaired) electrons. The van der Waals surface area contributed by atoms with Crippen molar-refractivity contribution in [3.8, 4) is 23.0 Å². The molecule has 0 atom stereocenters. The van der Waals surface area contributed by atoms with Gasteiger partial charge in [0.1, 0.15) is 0 Å². The van der Waals surface area contributed by atoms with E-state index < -0.39 is 0 Å². The van der Waals surface area contributed by atoms with E-state index in [0.29, 0.717) is 17.1 Å². The zero-order chi connectivity index (χ0) is 16.5. The molecule has 0 bridgehead atoms. The molecule has 4 heteroatoms. The van der Waals surface area contributed by atoms with Gasteiger partial charge in [0.2, 0.25) is 0 Å². The first-order valence-corrected chi connectivity index (χ1v) is 6.55. The number of phenolic OH excluding ortho intramolecular Hbond substituents is 2. The van der Waals surface area contributed by atoms with E-state index >= 15 is 0 Å². The standard InChI is InChI=1S/2C9H10O2/c1-3-7-4-5-8(10)9(6-7)11-2;1-3-7-5-4-6-8(11-2)9(7)10/h2*3-6,10H,1H2,2H3. The van der Waals surface area contributed by atoms with E-state index in [2.05, 4.69) is 13.2 Å². The van der Waals surface area contributed by atoms with Crippen molar-refractivity contribution in [1.82, 2.24) is 0 Å². The molecule has 116 valence electrons. The van der Waals surface area contributed by atoms with Gasteiger partial charge in [-0.15, -0.1) is 0 Å². The average Bonchev–Trinajstić information content (AvgIpc) is 2.56. The van der Waals surface area contributed by atoms with Gasteiger partial charge in [-0.25, -0.2) is 0 Å². The first kappa shape index (κ1) is 17.2. The number of aromatic hydroxyl groups is 2. The molecule has 0 aromatic heterocycles. The van der Waals surface area contributed by atoms with Crippen molar-refractivity contribution in [2.24, 2.45) is 0 Å². The SMILES string of the molecule is C=Cc1ccc(O)c(OC)c1.C=Cc1cccc(OC)c1O. The third kappa shape index (κ3) is 4.31. The molecule has 2 aromatic carbocycles. The molecule has 2 N–H and O–H groups in total. The van der Waals surface area contributed by atoms with E-state index in [-0.39, 0.29) is 11.5 Å². The van der Waals surface area contributed by atoms with Gasteiger partial charge in [0, 0.05) is 5.56 Å². The van der Waals surface area contributed by atoms with Crippen LogP contribution in [0.15, 0.2) is 49.6 Å². The Hall–Kier alpha value is -2.88. The summed E-state index contributed by atoms with van der Waals surface area (Å²) in [5, 5.41) is 18.6. The molecule has 0 aliphatic rings. The number of ether oxygens (including phenoxy) is 2. The summed E-state index contributed by atoms with van der Waals surface area (Å²) in [4.78, 5) is 0. The van der Waals surface area contributed by atoms with Crippen LogP contribution < -0.4 is 9.47 Å². The number of hydrogen-bond donors (Lipinski definition) is 2. The summed E-state index contributed by atoms with van der Waals surface area (Å²) >= 11 is 0. The second-order valence-electron chi connectivity index (χ2n) is 4.24. The minimum absolute atomic E-state index is 0.144. The molecular formula is C18H20O4. The molecule has 0 spiro atoms. The Morgan fingerprint density at radius 3 is 2.14 bits per heavy atom. The van der Waals surface area contributed by atoms with Crippen LogP contribution in [-0.2, 0) is 0 Å². The summed E-state index contributed by atoms with van der Waals surface area (Å²) in [5.74, 6) is 1.24. The lowest BCUT2D eigenvalue weighted by atomic mass is 10.2. The smallest absolute Gasteiger partial charge is 0.165 e. The minimum Gasteiger partial charge on any atom is -0.504 e. The highest BCUT2D eigenvalue weighted by Gasteiger charge is 2.02. The number of benzene rings is 2. The summed E-state index contributed by atoms with van der Waals surface area (Å²) in [6, 6.07) is 10.3. The maximum atomic E-state index is 9.39. The van der Waals surface area contributed by atoms with Crippen molar-refractivity contribution >= 4 is 12.2 Å². The highest BCUT2D eigenvalue weighted by atomic mass is 16.5. The first-order chi connectivity index (χ1) is 10.6. The molecule has 0 aliphatic heterocycles. The van der Waals surface area contributed by atoms with Crippen LogP contribution in [0.5, 0.6) is 23.0 Å². The van der Waals surface area contributed by atoms with Crippen LogP contribution in [0.25, 0.3) is 12.2 Å². The monoisotopic (exact) mass is 300 g/mol. The topological polar surface area (TPSA) is 58.9 Å². The maximum absolute atomic E-state index is 9.39. The van der Waals surface area contributed by atoms with Gasteiger partial charge in [0.05, 0.1) is 14.2 Å². The predicted molar refractivity (Wildman–Crippen MR) is 89.5 cm³/mol. The largest absolute Gasteiger partial charge is 0.504 e. The molecular weight excluding hydrogens is 280 g/mol. The van der Waals surface area contributed by atoms with E-state index in [0.717, 1.165) is 5.56 Å². The fraction of sp³-hybridized carbons (Fsp3) is 0.111. The highest BCUT2D eigenvalue weighted by Crippen LogP contribution is 2.29. The van der Waals surface area contributed by atoms with Crippen molar-refractivity contribution in [1.29, 1.82) is 0 Å². The summed E-state index contributed by atoms with van der Waals surface area (Å²) < 4.78 is 9.78. The zero-order valence-corrected chi connectivity index (χ0v) is 12.7. The quantitative estimate of drug-likeness (QED) is 0.893. The van der Waals surface area contributed by atoms with Crippen LogP contribution in [0, 0.1) is 0 Å². The molecule has 0 fully saturated rings. The Labute approximate surface area is 130 Å². The van der Waals surface area contributed by atoms with E-state index in [1.807, 2.05) is 0 Å². The van der Waals surface area contributed by atoms with Crippen LogP contribution in [-0.4, -0.2) is 24.4 Å². The number of methoxy groups -OCH3 is 2. The third-order valence-electron chi connectivity index (χ3n) is 2.91. The van der Waals surface area contributed by atoms with Crippen molar-refractivity contribution in [3.63, 3.8) is 0 Å². The van der Waals surface area contributed by atoms with Crippen molar-refractivity contribution in [3.05, 3.63) is 60.7 Å².